The Morgan fingerprint density at radius 1 is 0.824 bits per heavy atom. The van der Waals surface area contributed by atoms with Gasteiger partial charge in [0, 0.05) is 0 Å². The second-order valence-corrected chi connectivity index (χ2v) is 9.51. The second kappa shape index (κ2) is 8.87. The van der Waals surface area contributed by atoms with Crippen LogP contribution in [0.5, 0.6) is 0 Å². The Bertz CT molecular complexity index is 1030. The van der Waals surface area contributed by atoms with E-state index in [2.05, 4.69) is 5.18 Å². The van der Waals surface area contributed by atoms with Gasteiger partial charge in [0.05, 0.1) is 6.61 Å². The van der Waals surface area contributed by atoms with Crippen LogP contribution in [0.2, 0.25) is 0 Å². The maximum atomic E-state index is 11.6. The van der Waals surface area contributed by atoms with Crippen molar-refractivity contribution in [2.75, 3.05) is 6.61 Å². The smallest absolute Gasteiger partial charge is 0.306 e. The first-order valence-electron chi connectivity index (χ1n) is 11.3. The molecule has 2 aliphatic heterocycles. The molecule has 7 heteroatoms. The molecule has 0 saturated carbocycles. The zero-order valence-corrected chi connectivity index (χ0v) is 19.7. The Hall–Kier alpha value is -2.61. The number of rotatable bonds is 7. The second-order valence-electron chi connectivity index (χ2n) is 8.97. The summed E-state index contributed by atoms with van der Waals surface area (Å²) in [5.74, 6) is -0.919. The van der Waals surface area contributed by atoms with E-state index in [-0.39, 0.29) is 6.61 Å². The summed E-state index contributed by atoms with van der Waals surface area (Å²) >= 11 is 6.42. The minimum Gasteiger partial charge on any atom is -0.358 e. The summed E-state index contributed by atoms with van der Waals surface area (Å²) in [6.45, 7) is 3.63. The van der Waals surface area contributed by atoms with Crippen LogP contribution in [0.15, 0.2) is 96.2 Å². The van der Waals surface area contributed by atoms with Crippen molar-refractivity contribution in [1.82, 2.24) is 0 Å². The van der Waals surface area contributed by atoms with Crippen LogP contribution in [-0.4, -0.2) is 35.9 Å². The molecular weight excluding hydrogens is 454 g/mol. The Balaban J connectivity index is 1.57. The van der Waals surface area contributed by atoms with Crippen LogP contribution in [0, 0.1) is 4.91 Å². The molecule has 176 valence electrons. The Morgan fingerprint density at radius 3 is 1.74 bits per heavy atom. The van der Waals surface area contributed by atoms with Crippen LogP contribution in [0.1, 0.15) is 30.5 Å². The third-order valence-electron chi connectivity index (χ3n) is 6.29. The van der Waals surface area contributed by atoms with E-state index < -0.39 is 34.9 Å². The SMILES string of the molecule is CC1(C)O[C@H]2[C@@H](O1)[C@](Cl)(N=O)O[C@@H]2COC(c1ccccc1)(c1ccccc1)c1ccccc1. The summed E-state index contributed by atoms with van der Waals surface area (Å²) in [5.41, 5.74) is 1.92. The third-order valence-corrected chi connectivity index (χ3v) is 6.67. The van der Waals surface area contributed by atoms with E-state index in [0.29, 0.717) is 0 Å². The quantitative estimate of drug-likeness (QED) is 0.192. The van der Waals surface area contributed by atoms with Gasteiger partial charge in [0.15, 0.2) is 11.9 Å². The Labute approximate surface area is 203 Å². The van der Waals surface area contributed by atoms with Gasteiger partial charge in [0.1, 0.15) is 17.8 Å². The first-order chi connectivity index (χ1) is 16.4. The number of nitrogens with zero attached hydrogens (tertiary/aromatic N) is 1. The number of ether oxygens (including phenoxy) is 4. The lowest BCUT2D eigenvalue weighted by Crippen LogP contribution is -2.39. The molecule has 3 aromatic carbocycles. The van der Waals surface area contributed by atoms with E-state index in [1.54, 1.807) is 13.8 Å². The van der Waals surface area contributed by atoms with Gasteiger partial charge in [-0.1, -0.05) is 103 Å². The van der Waals surface area contributed by atoms with Crippen molar-refractivity contribution in [3.05, 3.63) is 113 Å². The summed E-state index contributed by atoms with van der Waals surface area (Å²) in [4.78, 5) is 11.6. The molecule has 0 amide bonds. The first-order valence-corrected chi connectivity index (χ1v) is 11.6. The van der Waals surface area contributed by atoms with Gasteiger partial charge in [0.25, 0.3) is 0 Å². The predicted molar refractivity (Wildman–Crippen MR) is 128 cm³/mol. The molecule has 2 fully saturated rings. The van der Waals surface area contributed by atoms with E-state index in [1.807, 2.05) is 91.0 Å². The number of fused-ring (bicyclic) bond motifs is 1. The number of alkyl halides is 1. The highest BCUT2D eigenvalue weighted by molar-refractivity contribution is 6.23. The van der Waals surface area contributed by atoms with E-state index in [1.165, 1.54) is 0 Å². The molecule has 0 unspecified atom stereocenters. The van der Waals surface area contributed by atoms with Gasteiger partial charge in [0.2, 0.25) is 0 Å². The zero-order valence-electron chi connectivity index (χ0n) is 19.0. The average molecular weight is 480 g/mol. The highest BCUT2D eigenvalue weighted by Gasteiger charge is 2.64. The highest BCUT2D eigenvalue weighted by Crippen LogP contribution is 2.48. The van der Waals surface area contributed by atoms with Gasteiger partial charge in [-0.25, -0.2) is 0 Å². The van der Waals surface area contributed by atoms with Crippen molar-refractivity contribution in [3.63, 3.8) is 0 Å². The minimum atomic E-state index is -1.87. The van der Waals surface area contributed by atoms with E-state index in [4.69, 9.17) is 30.5 Å². The van der Waals surface area contributed by atoms with Crippen molar-refractivity contribution >= 4 is 11.6 Å². The fourth-order valence-corrected chi connectivity index (χ4v) is 5.14. The fraction of sp³-hybridized carbons (Fsp3) is 0.333. The molecule has 0 bridgehead atoms. The summed E-state index contributed by atoms with van der Waals surface area (Å²) in [7, 11) is 0. The molecule has 2 saturated heterocycles. The summed E-state index contributed by atoms with van der Waals surface area (Å²) < 4.78 is 24.6. The largest absolute Gasteiger partial charge is 0.358 e. The number of nitroso groups, excluding NO2 is 1. The lowest BCUT2D eigenvalue weighted by molar-refractivity contribution is -0.201. The van der Waals surface area contributed by atoms with Crippen molar-refractivity contribution in [1.29, 1.82) is 0 Å². The van der Waals surface area contributed by atoms with E-state index >= 15 is 0 Å². The molecule has 3 aromatic rings. The van der Waals surface area contributed by atoms with Crippen molar-refractivity contribution in [3.8, 4) is 0 Å². The summed E-state index contributed by atoms with van der Waals surface area (Å²) in [6, 6.07) is 30.0. The van der Waals surface area contributed by atoms with Gasteiger partial charge in [-0.2, -0.15) is 0 Å². The van der Waals surface area contributed by atoms with Crippen molar-refractivity contribution < 1.29 is 18.9 Å². The monoisotopic (exact) mass is 479 g/mol. The van der Waals surface area contributed by atoms with Gasteiger partial charge >= 0.3 is 5.18 Å². The molecule has 0 aromatic heterocycles. The fourth-order valence-electron chi connectivity index (χ4n) is 4.86. The molecule has 5 rings (SSSR count). The van der Waals surface area contributed by atoms with Crippen molar-refractivity contribution in [2.24, 2.45) is 5.18 Å². The van der Waals surface area contributed by atoms with Gasteiger partial charge < -0.3 is 18.9 Å². The number of benzene rings is 3. The predicted octanol–water partition coefficient (Wildman–Crippen LogP) is 5.57. The zero-order chi connectivity index (χ0) is 23.8. The molecule has 6 nitrogen and oxygen atoms in total. The van der Waals surface area contributed by atoms with Crippen LogP contribution < -0.4 is 0 Å². The molecule has 0 spiro atoms. The lowest BCUT2D eigenvalue weighted by Gasteiger charge is -2.37. The van der Waals surface area contributed by atoms with Gasteiger partial charge in [-0.3, -0.25) is 0 Å². The maximum absolute atomic E-state index is 11.6. The summed E-state index contributed by atoms with van der Waals surface area (Å²) in [5, 5.41) is 1.16. The number of hydrogen-bond acceptors (Lipinski definition) is 6. The number of hydrogen-bond donors (Lipinski definition) is 0. The van der Waals surface area contributed by atoms with Gasteiger partial charge in [-0.05, 0) is 35.7 Å². The topological polar surface area (TPSA) is 66.4 Å². The molecule has 0 radical (unpaired) electrons. The van der Waals surface area contributed by atoms with Gasteiger partial charge in [-0.15, -0.1) is 4.91 Å². The van der Waals surface area contributed by atoms with Crippen LogP contribution in [-0.2, 0) is 24.5 Å². The number of halogens is 1. The van der Waals surface area contributed by atoms with Crippen LogP contribution in [0.25, 0.3) is 0 Å². The Morgan fingerprint density at radius 2 is 1.29 bits per heavy atom. The van der Waals surface area contributed by atoms with Crippen LogP contribution in [0.3, 0.4) is 0 Å². The molecule has 2 heterocycles. The van der Waals surface area contributed by atoms with Crippen LogP contribution >= 0.6 is 11.6 Å². The maximum Gasteiger partial charge on any atom is 0.306 e. The summed E-state index contributed by atoms with van der Waals surface area (Å²) in [6.07, 6.45) is -2.11. The molecule has 0 aliphatic carbocycles. The molecule has 2 aliphatic rings. The van der Waals surface area contributed by atoms with E-state index in [9.17, 15) is 4.91 Å². The molecule has 34 heavy (non-hydrogen) atoms. The first kappa shape index (κ1) is 23.1. The molecular formula is C27H26ClNO5. The lowest BCUT2D eigenvalue weighted by atomic mass is 9.80. The van der Waals surface area contributed by atoms with Crippen molar-refractivity contribution in [2.45, 2.75) is 48.7 Å². The minimum absolute atomic E-state index is 0.0866. The Kier molecular flexibility index (Phi) is 6.04. The normalized spacial score (nSPS) is 27.9. The molecule has 0 N–H and O–H groups in total. The highest BCUT2D eigenvalue weighted by atomic mass is 35.5. The standard InChI is InChI=1S/C27H26ClNO5/c1-25(2)33-23-22(32-27(28,29-30)24(23)34-25)18-31-26(19-12-6-3-7-13-19,20-14-8-4-9-15-20)21-16-10-5-11-17-21/h3-17,22-24H,18H2,1-2H3/t22-,23-,24-,27+/m1/s1. The third kappa shape index (κ3) is 3.96. The van der Waals surface area contributed by atoms with Crippen LogP contribution in [0.4, 0.5) is 0 Å². The van der Waals surface area contributed by atoms with E-state index in [0.717, 1.165) is 16.7 Å². The average Bonchev–Trinajstić information content (AvgIpc) is 3.33. The molecule has 4 atom stereocenters.